The van der Waals surface area contributed by atoms with Crippen molar-refractivity contribution in [3.63, 3.8) is 0 Å². The Kier molecular flexibility index (Phi) is 4.07. The molecule has 4 rings (SSSR count). The van der Waals surface area contributed by atoms with Crippen molar-refractivity contribution in [2.45, 2.75) is 31.1 Å². The molecule has 1 aliphatic carbocycles. The zero-order chi connectivity index (χ0) is 15.7. The van der Waals surface area contributed by atoms with Crippen LogP contribution in [-0.2, 0) is 10.2 Å². The molecule has 0 aromatic carbocycles. The number of thiophene rings is 1. The van der Waals surface area contributed by atoms with Crippen molar-refractivity contribution in [3.05, 3.63) is 28.6 Å². The van der Waals surface area contributed by atoms with Crippen molar-refractivity contribution in [2.75, 3.05) is 31.1 Å². The minimum atomic E-state index is -0.251. The van der Waals surface area contributed by atoms with Crippen LogP contribution in [0.3, 0.4) is 0 Å². The van der Waals surface area contributed by atoms with Crippen molar-refractivity contribution >= 4 is 34.8 Å². The van der Waals surface area contributed by atoms with E-state index in [9.17, 15) is 4.79 Å². The van der Waals surface area contributed by atoms with E-state index in [0.717, 1.165) is 57.7 Å². The monoisotopic (exact) mass is 348 g/mol. The highest BCUT2D eigenvalue weighted by Crippen LogP contribution is 2.44. The van der Waals surface area contributed by atoms with Crippen LogP contribution in [0, 0.1) is 0 Å². The molecule has 2 aromatic rings. The van der Waals surface area contributed by atoms with Crippen LogP contribution in [0.2, 0.25) is 0 Å². The van der Waals surface area contributed by atoms with Gasteiger partial charge in [-0.15, -0.1) is 11.3 Å². The Morgan fingerprint density at radius 3 is 2.57 bits per heavy atom. The average molecular weight is 348 g/mol. The van der Waals surface area contributed by atoms with E-state index in [2.05, 4.69) is 36.1 Å². The molecule has 0 unspecified atom stereocenters. The summed E-state index contributed by atoms with van der Waals surface area (Å²) in [5.41, 5.74) is -0.251. The first-order chi connectivity index (χ1) is 11.3. The zero-order valence-corrected chi connectivity index (χ0v) is 14.6. The van der Waals surface area contributed by atoms with Gasteiger partial charge in [-0.3, -0.25) is 4.79 Å². The molecule has 1 saturated carbocycles. The van der Waals surface area contributed by atoms with Gasteiger partial charge in [-0.05, 0) is 24.3 Å². The second-order valence-electron chi connectivity index (χ2n) is 6.31. The lowest BCUT2D eigenvalue weighted by Gasteiger charge is -2.39. The summed E-state index contributed by atoms with van der Waals surface area (Å²) >= 11 is 2.97. The molecule has 0 bridgehead atoms. The third kappa shape index (κ3) is 2.65. The van der Waals surface area contributed by atoms with Gasteiger partial charge < -0.3 is 9.80 Å². The fourth-order valence-corrected chi connectivity index (χ4v) is 5.25. The fourth-order valence-electron chi connectivity index (χ4n) is 3.84. The number of hydrogen-bond acceptors (Lipinski definition) is 6. The number of piperazine rings is 1. The smallest absolute Gasteiger partial charge is 0.234 e. The minimum absolute atomic E-state index is 0.251. The zero-order valence-electron chi connectivity index (χ0n) is 13.0. The summed E-state index contributed by atoms with van der Waals surface area (Å²) < 4.78 is 8.37. The summed E-state index contributed by atoms with van der Waals surface area (Å²) in [6.45, 7) is 3.25. The maximum Gasteiger partial charge on any atom is 0.234 e. The van der Waals surface area contributed by atoms with Crippen LogP contribution < -0.4 is 4.90 Å². The molecule has 1 aliphatic heterocycles. The number of aromatic nitrogens is 2. The highest BCUT2D eigenvalue weighted by Gasteiger charge is 2.46. The normalized spacial score (nSPS) is 20.9. The number of rotatable bonds is 3. The number of hydrogen-bond donors (Lipinski definition) is 0. The van der Waals surface area contributed by atoms with E-state index in [4.69, 9.17) is 0 Å². The van der Waals surface area contributed by atoms with Crippen LogP contribution in [0.4, 0.5) is 5.82 Å². The summed E-state index contributed by atoms with van der Waals surface area (Å²) in [6, 6.07) is 4.21. The van der Waals surface area contributed by atoms with Gasteiger partial charge in [-0.2, -0.15) is 8.75 Å². The molecule has 2 fully saturated rings. The number of anilines is 1. The number of carbonyl (C=O) groups is 1. The molecule has 1 saturated heterocycles. The van der Waals surface area contributed by atoms with Crippen LogP contribution in [0.1, 0.15) is 30.6 Å². The summed E-state index contributed by atoms with van der Waals surface area (Å²) in [7, 11) is 0. The third-order valence-electron chi connectivity index (χ3n) is 5.10. The number of carbonyl (C=O) groups excluding carboxylic acids is 1. The van der Waals surface area contributed by atoms with Gasteiger partial charge in [0.1, 0.15) is 0 Å². The quantitative estimate of drug-likeness (QED) is 0.856. The molecule has 5 nitrogen and oxygen atoms in total. The lowest BCUT2D eigenvalue weighted by molar-refractivity contribution is -0.137. The summed E-state index contributed by atoms with van der Waals surface area (Å²) in [5, 5.41) is 2.09. The van der Waals surface area contributed by atoms with E-state index >= 15 is 0 Å². The molecule has 2 aromatic heterocycles. The van der Waals surface area contributed by atoms with Gasteiger partial charge in [0, 0.05) is 31.1 Å². The summed E-state index contributed by atoms with van der Waals surface area (Å²) in [5.74, 6) is 1.28. The van der Waals surface area contributed by atoms with E-state index in [1.54, 1.807) is 11.3 Å². The highest BCUT2D eigenvalue weighted by molar-refractivity contribution is 7.10. The molecule has 3 heterocycles. The van der Waals surface area contributed by atoms with Crippen molar-refractivity contribution in [3.8, 4) is 0 Å². The Balaban J connectivity index is 1.49. The molecular weight excluding hydrogens is 328 g/mol. The third-order valence-corrected chi connectivity index (χ3v) is 6.64. The second kappa shape index (κ2) is 6.20. The van der Waals surface area contributed by atoms with Gasteiger partial charge in [-0.25, -0.2) is 0 Å². The van der Waals surface area contributed by atoms with Crippen molar-refractivity contribution < 1.29 is 4.79 Å². The second-order valence-corrected chi connectivity index (χ2v) is 7.82. The van der Waals surface area contributed by atoms with Gasteiger partial charge in [0.15, 0.2) is 5.82 Å². The predicted octanol–water partition coefficient (Wildman–Crippen LogP) is 2.76. The first kappa shape index (κ1) is 15.1. The minimum Gasteiger partial charge on any atom is -0.351 e. The van der Waals surface area contributed by atoms with Crippen LogP contribution >= 0.6 is 23.1 Å². The first-order valence-electron chi connectivity index (χ1n) is 8.15. The van der Waals surface area contributed by atoms with E-state index in [1.807, 2.05) is 6.20 Å². The van der Waals surface area contributed by atoms with E-state index in [1.165, 1.54) is 16.6 Å². The lowest BCUT2D eigenvalue weighted by atomic mass is 9.82. The van der Waals surface area contributed by atoms with Crippen LogP contribution in [0.25, 0.3) is 0 Å². The number of amides is 1. The maximum atomic E-state index is 13.3. The summed E-state index contributed by atoms with van der Waals surface area (Å²) in [6.07, 6.45) is 6.14. The molecule has 7 heteroatoms. The Morgan fingerprint density at radius 2 is 1.96 bits per heavy atom. The molecule has 23 heavy (non-hydrogen) atoms. The number of nitrogens with zero attached hydrogens (tertiary/aromatic N) is 4. The van der Waals surface area contributed by atoms with E-state index < -0.39 is 0 Å². The Bertz CT molecular complexity index is 642. The Morgan fingerprint density at radius 1 is 1.17 bits per heavy atom. The van der Waals surface area contributed by atoms with Gasteiger partial charge >= 0.3 is 0 Å². The molecule has 0 atom stereocenters. The summed E-state index contributed by atoms with van der Waals surface area (Å²) in [4.78, 5) is 18.9. The van der Waals surface area contributed by atoms with Gasteiger partial charge in [0.2, 0.25) is 5.91 Å². The van der Waals surface area contributed by atoms with E-state index in [-0.39, 0.29) is 5.41 Å². The van der Waals surface area contributed by atoms with Crippen molar-refractivity contribution in [1.29, 1.82) is 0 Å². The molecular formula is C16H20N4OS2. The van der Waals surface area contributed by atoms with Crippen LogP contribution in [0.15, 0.2) is 23.7 Å². The molecule has 0 radical (unpaired) electrons. The highest BCUT2D eigenvalue weighted by atomic mass is 32.1. The maximum absolute atomic E-state index is 13.3. The van der Waals surface area contributed by atoms with E-state index in [0.29, 0.717) is 5.91 Å². The standard InChI is InChI=1S/C16H20N4OS2/c21-15(16(5-1-2-6-16)13-4-3-11-22-13)20-9-7-19(8-10-20)14-12-17-23-18-14/h3-4,11-12H,1-2,5-10H2. The molecule has 0 N–H and O–H groups in total. The van der Waals surface area contributed by atoms with Gasteiger partial charge in [0.05, 0.1) is 23.3 Å². The van der Waals surface area contributed by atoms with Gasteiger partial charge in [0.25, 0.3) is 0 Å². The molecule has 122 valence electrons. The SMILES string of the molecule is O=C(N1CCN(c2cnsn2)CC1)C1(c2cccs2)CCCC1. The lowest BCUT2D eigenvalue weighted by Crippen LogP contribution is -2.54. The fraction of sp³-hybridized carbons (Fsp3) is 0.562. The topological polar surface area (TPSA) is 49.3 Å². The molecule has 0 spiro atoms. The van der Waals surface area contributed by atoms with Gasteiger partial charge in [-0.1, -0.05) is 18.9 Å². The Hall–Kier alpha value is -1.47. The predicted molar refractivity (Wildman–Crippen MR) is 93.2 cm³/mol. The van der Waals surface area contributed by atoms with Crippen LogP contribution in [0.5, 0.6) is 0 Å². The van der Waals surface area contributed by atoms with Crippen molar-refractivity contribution in [2.24, 2.45) is 0 Å². The average Bonchev–Trinajstić information content (AvgIpc) is 3.36. The largest absolute Gasteiger partial charge is 0.351 e. The Labute approximate surface area is 144 Å². The van der Waals surface area contributed by atoms with Crippen molar-refractivity contribution in [1.82, 2.24) is 13.6 Å². The molecule has 2 aliphatic rings. The first-order valence-corrected chi connectivity index (χ1v) is 9.76. The van der Waals surface area contributed by atoms with Crippen LogP contribution in [-0.4, -0.2) is 45.7 Å². The molecule has 1 amide bonds.